The van der Waals surface area contributed by atoms with Crippen LogP contribution in [0, 0.1) is 5.82 Å². The molecule has 1 unspecified atom stereocenters. The van der Waals surface area contributed by atoms with Gasteiger partial charge in [0, 0.05) is 24.8 Å². The van der Waals surface area contributed by atoms with E-state index in [0.29, 0.717) is 18.7 Å². The zero-order chi connectivity index (χ0) is 9.10. The Kier molecular flexibility index (Phi) is 2.52. The van der Waals surface area contributed by atoms with Crippen LogP contribution in [0.25, 0.3) is 0 Å². The molecule has 1 aromatic heterocycles. The molecule has 1 aliphatic rings. The third-order valence-electron chi connectivity index (χ3n) is 2.08. The largest absolute Gasteiger partial charge is 0.371 e. The fourth-order valence-corrected chi connectivity index (χ4v) is 1.41. The molecule has 2 heterocycles. The Balaban J connectivity index is 2.18. The number of nitrogens with zero attached hydrogens (tertiary/aromatic N) is 1. The quantitative estimate of drug-likeness (QED) is 0.700. The number of hydrogen-bond donors (Lipinski definition) is 1. The van der Waals surface area contributed by atoms with Gasteiger partial charge in [0.2, 0.25) is 0 Å². The summed E-state index contributed by atoms with van der Waals surface area (Å²) in [5.74, 6) is -0.295. The van der Waals surface area contributed by atoms with Crippen molar-refractivity contribution in [1.82, 2.24) is 10.3 Å². The van der Waals surface area contributed by atoms with E-state index in [1.165, 1.54) is 6.20 Å². The maximum atomic E-state index is 13.2. The summed E-state index contributed by atoms with van der Waals surface area (Å²) in [6.45, 7) is 2.14. The summed E-state index contributed by atoms with van der Waals surface area (Å²) in [6, 6.07) is 1.66. The molecule has 70 valence electrons. The topological polar surface area (TPSA) is 34.2 Å². The molecule has 1 atom stereocenters. The summed E-state index contributed by atoms with van der Waals surface area (Å²) in [4.78, 5) is 3.69. The first-order valence-corrected chi connectivity index (χ1v) is 4.29. The maximum absolute atomic E-state index is 13.2. The van der Waals surface area contributed by atoms with E-state index in [1.807, 2.05) is 0 Å². The van der Waals surface area contributed by atoms with E-state index < -0.39 is 0 Å². The zero-order valence-electron chi connectivity index (χ0n) is 7.16. The van der Waals surface area contributed by atoms with Crippen LogP contribution in [0.4, 0.5) is 4.39 Å². The van der Waals surface area contributed by atoms with Crippen molar-refractivity contribution in [2.45, 2.75) is 6.10 Å². The minimum Gasteiger partial charge on any atom is -0.371 e. The molecule has 0 aliphatic carbocycles. The minimum absolute atomic E-state index is 0.170. The van der Waals surface area contributed by atoms with Crippen molar-refractivity contribution in [2.75, 3.05) is 19.7 Å². The highest BCUT2D eigenvalue weighted by atomic mass is 19.1. The van der Waals surface area contributed by atoms with Crippen LogP contribution >= 0.6 is 0 Å². The molecule has 1 fully saturated rings. The predicted molar refractivity (Wildman–Crippen MR) is 45.8 cm³/mol. The van der Waals surface area contributed by atoms with Gasteiger partial charge in [-0.15, -0.1) is 0 Å². The van der Waals surface area contributed by atoms with Gasteiger partial charge in [-0.05, 0) is 6.07 Å². The monoisotopic (exact) mass is 182 g/mol. The van der Waals surface area contributed by atoms with Gasteiger partial charge in [-0.3, -0.25) is 4.98 Å². The molecule has 0 amide bonds. The smallest absolute Gasteiger partial charge is 0.147 e. The van der Waals surface area contributed by atoms with Gasteiger partial charge in [-0.25, -0.2) is 4.39 Å². The first-order chi connectivity index (χ1) is 6.38. The molecule has 1 aromatic rings. The molecule has 1 aliphatic heterocycles. The number of ether oxygens (including phenoxy) is 1. The van der Waals surface area contributed by atoms with Crippen molar-refractivity contribution < 1.29 is 9.13 Å². The van der Waals surface area contributed by atoms with Crippen LogP contribution in [0.5, 0.6) is 0 Å². The summed E-state index contributed by atoms with van der Waals surface area (Å²) in [6.07, 6.45) is 2.63. The highest BCUT2D eigenvalue weighted by Gasteiger charge is 2.18. The van der Waals surface area contributed by atoms with Crippen molar-refractivity contribution in [3.63, 3.8) is 0 Å². The van der Waals surface area contributed by atoms with Crippen molar-refractivity contribution in [3.05, 3.63) is 29.8 Å². The molecule has 0 radical (unpaired) electrons. The number of aromatic nitrogens is 1. The number of halogens is 1. The number of morpholine rings is 1. The first-order valence-electron chi connectivity index (χ1n) is 4.29. The normalized spacial score (nSPS) is 23.0. The molecule has 2 rings (SSSR count). The second-order valence-corrected chi connectivity index (χ2v) is 2.96. The Hall–Kier alpha value is -1.00. The Morgan fingerprint density at radius 3 is 3.23 bits per heavy atom. The lowest BCUT2D eigenvalue weighted by atomic mass is 10.1. The molecule has 0 saturated carbocycles. The van der Waals surface area contributed by atoms with Crippen LogP contribution in [-0.2, 0) is 4.74 Å². The van der Waals surface area contributed by atoms with E-state index in [1.54, 1.807) is 12.3 Å². The Bertz CT molecular complexity index is 287. The fourth-order valence-electron chi connectivity index (χ4n) is 1.41. The third kappa shape index (κ3) is 1.84. The van der Waals surface area contributed by atoms with Crippen LogP contribution < -0.4 is 5.32 Å². The summed E-state index contributed by atoms with van der Waals surface area (Å²) in [7, 11) is 0. The highest BCUT2D eigenvalue weighted by molar-refractivity contribution is 5.16. The molecular weight excluding hydrogens is 171 g/mol. The summed E-state index contributed by atoms with van der Waals surface area (Å²) in [5, 5.41) is 3.15. The molecular formula is C9H11FN2O. The number of pyridine rings is 1. The lowest BCUT2D eigenvalue weighted by Crippen LogP contribution is -2.33. The molecule has 0 bridgehead atoms. The Labute approximate surface area is 75.9 Å². The number of hydrogen-bond acceptors (Lipinski definition) is 3. The number of rotatable bonds is 1. The van der Waals surface area contributed by atoms with Gasteiger partial charge in [0.1, 0.15) is 5.82 Å². The van der Waals surface area contributed by atoms with E-state index >= 15 is 0 Å². The van der Waals surface area contributed by atoms with Gasteiger partial charge < -0.3 is 10.1 Å². The number of nitrogens with one attached hydrogen (secondary N) is 1. The molecule has 0 aromatic carbocycles. The van der Waals surface area contributed by atoms with Crippen molar-refractivity contribution >= 4 is 0 Å². The van der Waals surface area contributed by atoms with Crippen LogP contribution in [0.3, 0.4) is 0 Å². The van der Waals surface area contributed by atoms with Gasteiger partial charge in [0.25, 0.3) is 0 Å². The van der Waals surface area contributed by atoms with E-state index in [2.05, 4.69) is 10.3 Å². The molecule has 3 nitrogen and oxygen atoms in total. The van der Waals surface area contributed by atoms with Gasteiger partial charge >= 0.3 is 0 Å². The second kappa shape index (κ2) is 3.81. The predicted octanol–water partition coefficient (Wildman–Crippen LogP) is 0.882. The average molecular weight is 182 g/mol. The lowest BCUT2D eigenvalue weighted by Gasteiger charge is -2.23. The van der Waals surface area contributed by atoms with E-state index in [0.717, 1.165) is 6.54 Å². The minimum atomic E-state index is -0.295. The van der Waals surface area contributed by atoms with Crippen molar-refractivity contribution in [2.24, 2.45) is 0 Å². The van der Waals surface area contributed by atoms with Crippen LogP contribution in [0.15, 0.2) is 18.5 Å². The Morgan fingerprint density at radius 2 is 2.54 bits per heavy atom. The summed E-state index contributed by atoms with van der Waals surface area (Å²) < 4.78 is 18.6. The van der Waals surface area contributed by atoms with Crippen LogP contribution in [0.1, 0.15) is 11.7 Å². The van der Waals surface area contributed by atoms with Gasteiger partial charge in [-0.2, -0.15) is 0 Å². The van der Waals surface area contributed by atoms with Gasteiger partial charge in [-0.1, -0.05) is 0 Å². The van der Waals surface area contributed by atoms with E-state index in [-0.39, 0.29) is 11.9 Å². The highest BCUT2D eigenvalue weighted by Crippen LogP contribution is 2.20. The SMILES string of the molecule is Fc1cnccc1C1CNCCO1. The zero-order valence-corrected chi connectivity index (χ0v) is 7.16. The summed E-state index contributed by atoms with van der Waals surface area (Å²) in [5.41, 5.74) is 0.585. The molecule has 1 saturated heterocycles. The standard InChI is InChI=1S/C9H11FN2O/c10-8-5-11-2-1-7(8)9-6-12-3-4-13-9/h1-2,5,9,12H,3-4,6H2. The van der Waals surface area contributed by atoms with Crippen LogP contribution in [0.2, 0.25) is 0 Å². The van der Waals surface area contributed by atoms with Crippen molar-refractivity contribution in [3.8, 4) is 0 Å². The third-order valence-corrected chi connectivity index (χ3v) is 2.08. The first kappa shape index (κ1) is 8.59. The average Bonchev–Trinajstić information content (AvgIpc) is 2.20. The maximum Gasteiger partial charge on any atom is 0.147 e. The lowest BCUT2D eigenvalue weighted by molar-refractivity contribution is 0.0254. The van der Waals surface area contributed by atoms with Crippen LogP contribution in [-0.4, -0.2) is 24.7 Å². The van der Waals surface area contributed by atoms with E-state index in [4.69, 9.17) is 4.74 Å². The molecule has 4 heteroatoms. The fraction of sp³-hybridized carbons (Fsp3) is 0.444. The molecule has 1 N–H and O–H groups in total. The van der Waals surface area contributed by atoms with Crippen molar-refractivity contribution in [1.29, 1.82) is 0 Å². The molecule has 0 spiro atoms. The second-order valence-electron chi connectivity index (χ2n) is 2.96. The van der Waals surface area contributed by atoms with Gasteiger partial charge in [0.15, 0.2) is 0 Å². The summed E-state index contributed by atoms with van der Waals surface area (Å²) >= 11 is 0. The van der Waals surface area contributed by atoms with Gasteiger partial charge in [0.05, 0.1) is 18.9 Å². The Morgan fingerprint density at radius 1 is 1.62 bits per heavy atom. The van der Waals surface area contributed by atoms with E-state index in [9.17, 15) is 4.39 Å². The molecule has 13 heavy (non-hydrogen) atoms.